The Morgan fingerprint density at radius 1 is 1.48 bits per heavy atom. The maximum Gasteiger partial charge on any atom is 0.235 e. The van der Waals surface area contributed by atoms with Crippen LogP contribution >= 0.6 is 46.8 Å². The number of carbonyl (C=O) groups excluding carboxylic acids is 1. The van der Waals surface area contributed by atoms with Crippen LogP contribution in [-0.4, -0.2) is 39.2 Å². The zero-order valence-corrected chi connectivity index (χ0v) is 15.6. The minimum Gasteiger partial charge on any atom is -0.368 e. The fourth-order valence-corrected chi connectivity index (χ4v) is 4.03. The zero-order chi connectivity index (χ0) is 16.7. The van der Waals surface area contributed by atoms with Gasteiger partial charge in [0.05, 0.1) is 22.3 Å². The summed E-state index contributed by atoms with van der Waals surface area (Å²) >= 11 is 19.0. The van der Waals surface area contributed by atoms with Crippen LogP contribution in [-0.2, 0) is 11.8 Å². The molecule has 1 fully saturated rings. The van der Waals surface area contributed by atoms with Crippen LogP contribution in [0.3, 0.4) is 0 Å². The van der Waals surface area contributed by atoms with Crippen molar-refractivity contribution < 1.29 is 4.79 Å². The van der Waals surface area contributed by atoms with Gasteiger partial charge in [0.2, 0.25) is 5.91 Å². The Balaban J connectivity index is 1.88. The minimum absolute atomic E-state index is 0.136. The van der Waals surface area contributed by atoms with Gasteiger partial charge in [0.25, 0.3) is 0 Å². The van der Waals surface area contributed by atoms with E-state index in [2.05, 4.69) is 10.4 Å². The molecule has 23 heavy (non-hydrogen) atoms. The summed E-state index contributed by atoms with van der Waals surface area (Å²) in [7, 11) is 3.65. The van der Waals surface area contributed by atoms with Gasteiger partial charge in [-0.1, -0.05) is 35.4 Å². The Bertz CT molecular complexity index is 753. The minimum atomic E-state index is -0.475. The molecule has 0 radical (unpaired) electrons. The number of carbonyl (C=O) groups is 1. The van der Waals surface area contributed by atoms with Gasteiger partial charge in [0.1, 0.15) is 9.49 Å². The Kier molecular flexibility index (Phi) is 4.64. The fourth-order valence-electron chi connectivity index (χ4n) is 2.70. The average molecular weight is 389 g/mol. The number of thiocarbonyl (C=S) groups is 1. The molecule has 1 N–H and O–H groups in total. The molecule has 1 saturated heterocycles. The predicted octanol–water partition coefficient (Wildman–Crippen LogP) is 3.40. The molecule has 2 aromatic rings. The van der Waals surface area contributed by atoms with Crippen molar-refractivity contribution in [2.75, 3.05) is 18.9 Å². The molecule has 5 nitrogen and oxygen atoms in total. The van der Waals surface area contributed by atoms with Crippen LogP contribution in [0.25, 0.3) is 0 Å². The van der Waals surface area contributed by atoms with E-state index in [0.717, 1.165) is 5.69 Å². The monoisotopic (exact) mass is 388 g/mol. The fraction of sp³-hybridized carbons (Fsp3) is 0.357. The summed E-state index contributed by atoms with van der Waals surface area (Å²) in [5, 5.41) is 9.62. The number of likely N-dealkylation sites (N-methyl/N-ethyl adjacent to an activating group) is 1. The Morgan fingerprint density at radius 3 is 2.78 bits per heavy atom. The third-order valence-corrected chi connectivity index (χ3v) is 5.98. The smallest absolute Gasteiger partial charge is 0.235 e. The van der Waals surface area contributed by atoms with Crippen molar-refractivity contribution in [2.24, 2.45) is 13.0 Å². The number of anilines is 1. The number of hydrogen-bond acceptors (Lipinski definition) is 4. The maximum absolute atomic E-state index is 12.7. The van der Waals surface area contributed by atoms with E-state index in [4.69, 9.17) is 35.4 Å². The van der Waals surface area contributed by atoms with Gasteiger partial charge in [0, 0.05) is 26.6 Å². The number of amides is 1. The van der Waals surface area contributed by atoms with Gasteiger partial charge < -0.3 is 10.2 Å². The molecule has 3 heterocycles. The summed E-state index contributed by atoms with van der Waals surface area (Å²) < 4.78 is 2.14. The maximum atomic E-state index is 12.7. The molecule has 0 aliphatic carbocycles. The van der Waals surface area contributed by atoms with Crippen molar-refractivity contribution in [3.63, 3.8) is 0 Å². The first kappa shape index (κ1) is 16.7. The molecule has 0 unspecified atom stereocenters. The van der Waals surface area contributed by atoms with Gasteiger partial charge in [0.15, 0.2) is 0 Å². The summed E-state index contributed by atoms with van der Waals surface area (Å²) in [6.07, 6.45) is 0. The molecular formula is C14H14Cl2N4OS2. The molecule has 0 saturated carbocycles. The lowest BCUT2D eigenvalue weighted by Gasteiger charge is -2.16. The van der Waals surface area contributed by atoms with Gasteiger partial charge in [-0.2, -0.15) is 5.10 Å². The number of aryl methyl sites for hydroxylation is 1. The Hall–Kier alpha value is -1.15. The van der Waals surface area contributed by atoms with Crippen molar-refractivity contribution in [3.05, 3.63) is 32.7 Å². The molecule has 0 aromatic carbocycles. The molecule has 122 valence electrons. The third-order valence-electron chi connectivity index (χ3n) is 3.90. The second-order valence-electron chi connectivity index (χ2n) is 5.42. The number of thiophene rings is 1. The number of hydrogen-bond donors (Lipinski definition) is 1. The topological polar surface area (TPSA) is 50.2 Å². The lowest BCUT2D eigenvalue weighted by molar-refractivity contribution is -0.118. The van der Waals surface area contributed by atoms with Crippen LogP contribution in [0.4, 0.5) is 5.69 Å². The highest BCUT2D eigenvalue weighted by Gasteiger charge is 2.42. The lowest BCUT2D eigenvalue weighted by Crippen LogP contribution is -2.31. The molecule has 2 atom stereocenters. The molecule has 0 bridgehead atoms. The highest BCUT2D eigenvalue weighted by Crippen LogP contribution is 2.36. The van der Waals surface area contributed by atoms with E-state index in [-0.39, 0.29) is 11.8 Å². The predicted molar refractivity (Wildman–Crippen MR) is 97.6 cm³/mol. The molecule has 2 aromatic heterocycles. The number of nitrogens with zero attached hydrogens (tertiary/aromatic N) is 3. The molecule has 3 rings (SSSR count). The standard InChI is InChI=1S/C14H14Cl2N4OS2/c1-19-6-7(9-5-10(15)20(2)18-9)11(14(19)22)13(21)17-8-3-4-23-12(8)16/h3-5,7,11H,6H2,1-2H3,(H,17,21)/t7-,11+/m1/s1. The number of likely N-dealkylation sites (tertiary alicyclic amines) is 1. The van der Waals surface area contributed by atoms with Crippen LogP contribution in [0.1, 0.15) is 11.6 Å². The Morgan fingerprint density at radius 2 is 2.22 bits per heavy atom. The highest BCUT2D eigenvalue weighted by atomic mass is 35.5. The number of nitrogens with one attached hydrogen (secondary N) is 1. The van der Waals surface area contributed by atoms with Crippen LogP contribution in [0.15, 0.2) is 17.5 Å². The van der Waals surface area contributed by atoms with Gasteiger partial charge in [-0.05, 0) is 17.5 Å². The van der Waals surface area contributed by atoms with Crippen molar-refractivity contribution in [3.8, 4) is 0 Å². The lowest BCUT2D eigenvalue weighted by atomic mass is 9.92. The van der Waals surface area contributed by atoms with Gasteiger partial charge in [-0.25, -0.2) is 0 Å². The van der Waals surface area contributed by atoms with E-state index in [1.54, 1.807) is 23.9 Å². The second kappa shape index (κ2) is 6.39. The molecule has 1 aliphatic rings. The van der Waals surface area contributed by atoms with E-state index in [1.807, 2.05) is 17.3 Å². The first-order valence-electron chi connectivity index (χ1n) is 6.86. The van der Waals surface area contributed by atoms with Crippen molar-refractivity contribution in [1.82, 2.24) is 14.7 Å². The Labute approximate surface area is 153 Å². The van der Waals surface area contributed by atoms with E-state index >= 15 is 0 Å². The molecule has 1 aliphatic heterocycles. The highest BCUT2D eigenvalue weighted by molar-refractivity contribution is 7.80. The van der Waals surface area contributed by atoms with Crippen LogP contribution in [0, 0.1) is 5.92 Å². The summed E-state index contributed by atoms with van der Waals surface area (Å²) in [6.45, 7) is 0.627. The first-order chi connectivity index (χ1) is 10.9. The largest absolute Gasteiger partial charge is 0.368 e. The summed E-state index contributed by atoms with van der Waals surface area (Å²) in [4.78, 5) is 15.3. The second-order valence-corrected chi connectivity index (χ2v) is 7.74. The number of halogens is 2. The third kappa shape index (κ3) is 3.10. The molecular weight excluding hydrogens is 375 g/mol. The van der Waals surface area contributed by atoms with E-state index in [1.165, 1.54) is 11.3 Å². The van der Waals surface area contributed by atoms with Gasteiger partial charge in [-0.3, -0.25) is 9.48 Å². The van der Waals surface area contributed by atoms with Crippen LogP contribution in [0.5, 0.6) is 0 Å². The molecule has 9 heteroatoms. The molecule has 0 spiro atoms. The van der Waals surface area contributed by atoms with E-state index < -0.39 is 5.92 Å². The van der Waals surface area contributed by atoms with Crippen LogP contribution < -0.4 is 5.32 Å². The van der Waals surface area contributed by atoms with Crippen molar-refractivity contribution >= 4 is 63.3 Å². The van der Waals surface area contributed by atoms with Crippen LogP contribution in [0.2, 0.25) is 9.49 Å². The zero-order valence-electron chi connectivity index (χ0n) is 12.4. The van der Waals surface area contributed by atoms with Crippen molar-refractivity contribution in [1.29, 1.82) is 0 Å². The summed E-state index contributed by atoms with van der Waals surface area (Å²) in [5.74, 6) is -0.785. The summed E-state index contributed by atoms with van der Waals surface area (Å²) in [5.41, 5.74) is 1.37. The van der Waals surface area contributed by atoms with Gasteiger partial charge in [-0.15, -0.1) is 11.3 Å². The number of rotatable bonds is 3. The molecule has 1 amide bonds. The SMILES string of the molecule is CN1C[C@H](c2cc(Cl)n(C)n2)[C@@H](C(=O)Nc2ccsc2Cl)C1=S. The quantitative estimate of drug-likeness (QED) is 0.818. The summed E-state index contributed by atoms with van der Waals surface area (Å²) in [6, 6.07) is 3.56. The van der Waals surface area contributed by atoms with E-state index in [9.17, 15) is 4.79 Å². The number of aromatic nitrogens is 2. The first-order valence-corrected chi connectivity index (χ1v) is 8.91. The van der Waals surface area contributed by atoms with Crippen molar-refractivity contribution in [2.45, 2.75) is 5.92 Å². The average Bonchev–Trinajstić information content (AvgIpc) is 3.12. The van der Waals surface area contributed by atoms with Gasteiger partial charge >= 0.3 is 0 Å². The normalized spacial score (nSPS) is 21.0. The van der Waals surface area contributed by atoms with E-state index in [0.29, 0.717) is 26.7 Å².